The first-order valence-electron chi connectivity index (χ1n) is 6.57. The zero-order chi connectivity index (χ0) is 13.9. The fourth-order valence-electron chi connectivity index (χ4n) is 2.19. The Balaban J connectivity index is 1.60. The number of hydrogen-bond acceptors (Lipinski definition) is 5. The minimum absolute atomic E-state index is 0.124. The van der Waals surface area contributed by atoms with E-state index in [-0.39, 0.29) is 18.6 Å². The van der Waals surface area contributed by atoms with Crippen LogP contribution in [0.4, 0.5) is 0 Å². The molecule has 0 aromatic carbocycles. The smallest absolute Gasteiger partial charge is 0.249 e. The van der Waals surface area contributed by atoms with Crippen LogP contribution >= 0.6 is 0 Å². The number of rotatable bonds is 4. The second kappa shape index (κ2) is 5.46. The predicted octanol–water partition coefficient (Wildman–Crippen LogP) is 0.870. The van der Waals surface area contributed by atoms with Gasteiger partial charge in [-0.3, -0.25) is 4.79 Å². The standard InChI is InChI=1S/C13H16N4O3/c1-17-6-2-4-9(17)12-15-11(20-16-12)8-14-13(18)10-5-3-7-19-10/h2,4,6,10H,3,5,7-8H2,1H3,(H,14,18)/t10-/m0/s1. The third kappa shape index (κ3) is 2.57. The van der Waals surface area contributed by atoms with Crippen LogP contribution in [0.2, 0.25) is 0 Å². The molecule has 1 atom stereocenters. The quantitative estimate of drug-likeness (QED) is 0.896. The summed E-state index contributed by atoms with van der Waals surface area (Å²) < 4.78 is 12.3. The van der Waals surface area contributed by atoms with E-state index in [1.807, 2.05) is 29.9 Å². The number of aryl methyl sites for hydroxylation is 1. The Kier molecular flexibility index (Phi) is 3.51. The molecule has 0 unspecified atom stereocenters. The van der Waals surface area contributed by atoms with E-state index in [4.69, 9.17) is 9.26 Å². The van der Waals surface area contributed by atoms with E-state index in [9.17, 15) is 4.79 Å². The third-order valence-corrected chi connectivity index (χ3v) is 3.28. The number of carbonyl (C=O) groups excluding carboxylic acids is 1. The molecule has 1 amide bonds. The number of nitrogens with one attached hydrogen (secondary N) is 1. The first-order valence-corrected chi connectivity index (χ1v) is 6.57. The van der Waals surface area contributed by atoms with Gasteiger partial charge in [-0.25, -0.2) is 0 Å². The van der Waals surface area contributed by atoms with Crippen LogP contribution in [0.5, 0.6) is 0 Å². The first kappa shape index (κ1) is 12.9. The highest BCUT2D eigenvalue weighted by Crippen LogP contribution is 2.15. The van der Waals surface area contributed by atoms with Gasteiger partial charge in [0.25, 0.3) is 0 Å². The van der Waals surface area contributed by atoms with Crippen LogP contribution in [-0.4, -0.2) is 33.3 Å². The summed E-state index contributed by atoms with van der Waals surface area (Å²) in [6, 6.07) is 3.81. The van der Waals surface area contributed by atoms with E-state index in [1.165, 1.54) is 0 Å². The van der Waals surface area contributed by atoms with Crippen molar-refractivity contribution in [2.75, 3.05) is 6.61 Å². The molecule has 7 heteroatoms. The largest absolute Gasteiger partial charge is 0.368 e. The Labute approximate surface area is 115 Å². The maximum Gasteiger partial charge on any atom is 0.249 e. The molecule has 1 fully saturated rings. The third-order valence-electron chi connectivity index (χ3n) is 3.28. The van der Waals surface area contributed by atoms with Crippen molar-refractivity contribution in [1.82, 2.24) is 20.0 Å². The van der Waals surface area contributed by atoms with Gasteiger partial charge in [0.2, 0.25) is 17.6 Å². The summed E-state index contributed by atoms with van der Waals surface area (Å²) in [4.78, 5) is 16.0. The second-order valence-corrected chi connectivity index (χ2v) is 4.74. The molecule has 3 heterocycles. The molecule has 1 aliphatic rings. The molecule has 3 rings (SSSR count). The molecule has 0 bridgehead atoms. The molecular formula is C13H16N4O3. The van der Waals surface area contributed by atoms with Crippen molar-refractivity contribution in [2.24, 2.45) is 7.05 Å². The summed E-state index contributed by atoms with van der Waals surface area (Å²) >= 11 is 0. The van der Waals surface area contributed by atoms with Gasteiger partial charge in [0, 0.05) is 19.9 Å². The van der Waals surface area contributed by atoms with Crippen molar-refractivity contribution in [3.8, 4) is 11.5 Å². The molecular weight excluding hydrogens is 260 g/mol. The van der Waals surface area contributed by atoms with Gasteiger partial charge in [-0.1, -0.05) is 5.16 Å². The highest BCUT2D eigenvalue weighted by molar-refractivity contribution is 5.80. The minimum Gasteiger partial charge on any atom is -0.368 e. The molecule has 0 radical (unpaired) electrons. The topological polar surface area (TPSA) is 82.2 Å². The van der Waals surface area contributed by atoms with Crippen molar-refractivity contribution in [1.29, 1.82) is 0 Å². The van der Waals surface area contributed by atoms with Gasteiger partial charge in [0.05, 0.1) is 12.2 Å². The number of hydrogen-bond donors (Lipinski definition) is 1. The lowest BCUT2D eigenvalue weighted by Gasteiger charge is -2.08. The lowest BCUT2D eigenvalue weighted by Crippen LogP contribution is -2.33. The molecule has 0 spiro atoms. The summed E-state index contributed by atoms with van der Waals surface area (Å²) in [5, 5.41) is 6.65. The van der Waals surface area contributed by atoms with Crippen LogP contribution in [0.3, 0.4) is 0 Å². The van der Waals surface area contributed by atoms with E-state index in [2.05, 4.69) is 15.5 Å². The number of amides is 1. The van der Waals surface area contributed by atoms with Crippen LogP contribution in [0, 0.1) is 0 Å². The molecule has 1 N–H and O–H groups in total. The lowest BCUT2D eigenvalue weighted by atomic mass is 10.2. The number of aromatic nitrogens is 3. The predicted molar refractivity (Wildman–Crippen MR) is 69.5 cm³/mol. The Bertz CT molecular complexity index is 598. The van der Waals surface area contributed by atoms with Crippen LogP contribution in [0.1, 0.15) is 18.7 Å². The van der Waals surface area contributed by atoms with Gasteiger partial charge in [0.1, 0.15) is 6.10 Å². The SMILES string of the molecule is Cn1cccc1-c1noc(CNC(=O)[C@@H]2CCCO2)n1. The van der Waals surface area contributed by atoms with Crippen LogP contribution in [-0.2, 0) is 23.1 Å². The molecule has 20 heavy (non-hydrogen) atoms. The normalized spacial score (nSPS) is 18.4. The fraction of sp³-hybridized carbons (Fsp3) is 0.462. The van der Waals surface area contributed by atoms with Crippen molar-refractivity contribution in [3.05, 3.63) is 24.2 Å². The highest BCUT2D eigenvalue weighted by Gasteiger charge is 2.23. The molecule has 1 aliphatic heterocycles. The average molecular weight is 276 g/mol. The molecule has 0 saturated carbocycles. The van der Waals surface area contributed by atoms with Gasteiger partial charge < -0.3 is 19.1 Å². The molecule has 106 valence electrons. The molecule has 0 aliphatic carbocycles. The van der Waals surface area contributed by atoms with E-state index in [1.54, 1.807) is 0 Å². The summed E-state index contributed by atoms with van der Waals surface area (Å²) in [7, 11) is 1.91. The monoisotopic (exact) mass is 276 g/mol. The highest BCUT2D eigenvalue weighted by atomic mass is 16.5. The van der Waals surface area contributed by atoms with Crippen LogP contribution < -0.4 is 5.32 Å². The van der Waals surface area contributed by atoms with Crippen LogP contribution in [0.25, 0.3) is 11.5 Å². The van der Waals surface area contributed by atoms with Gasteiger partial charge in [-0.2, -0.15) is 4.98 Å². The van der Waals surface area contributed by atoms with E-state index < -0.39 is 0 Å². The number of carbonyl (C=O) groups is 1. The van der Waals surface area contributed by atoms with Crippen molar-refractivity contribution >= 4 is 5.91 Å². The summed E-state index contributed by atoms with van der Waals surface area (Å²) in [6.45, 7) is 0.867. The molecule has 1 saturated heterocycles. The van der Waals surface area contributed by atoms with Gasteiger partial charge in [0.15, 0.2) is 0 Å². The zero-order valence-electron chi connectivity index (χ0n) is 11.2. The van der Waals surface area contributed by atoms with E-state index in [0.717, 1.165) is 18.5 Å². The Hall–Kier alpha value is -2.15. The van der Waals surface area contributed by atoms with Gasteiger partial charge in [-0.15, -0.1) is 0 Å². The molecule has 2 aromatic heterocycles. The second-order valence-electron chi connectivity index (χ2n) is 4.74. The van der Waals surface area contributed by atoms with Crippen molar-refractivity contribution in [3.63, 3.8) is 0 Å². The molecule has 7 nitrogen and oxygen atoms in total. The average Bonchev–Trinajstić information content (AvgIpc) is 3.17. The Morgan fingerprint density at radius 3 is 3.20 bits per heavy atom. The summed E-state index contributed by atoms with van der Waals surface area (Å²) in [6.07, 6.45) is 3.26. The van der Waals surface area contributed by atoms with E-state index >= 15 is 0 Å². The summed E-state index contributed by atoms with van der Waals surface area (Å²) in [5.74, 6) is 0.771. The zero-order valence-corrected chi connectivity index (χ0v) is 11.2. The lowest BCUT2D eigenvalue weighted by molar-refractivity contribution is -0.130. The number of ether oxygens (including phenoxy) is 1. The Morgan fingerprint density at radius 1 is 1.60 bits per heavy atom. The van der Waals surface area contributed by atoms with E-state index in [0.29, 0.717) is 18.3 Å². The van der Waals surface area contributed by atoms with Crippen LogP contribution in [0.15, 0.2) is 22.9 Å². The number of nitrogens with zero attached hydrogens (tertiary/aromatic N) is 3. The Morgan fingerprint density at radius 2 is 2.50 bits per heavy atom. The van der Waals surface area contributed by atoms with Crippen molar-refractivity contribution < 1.29 is 14.1 Å². The maximum atomic E-state index is 11.8. The summed E-state index contributed by atoms with van der Waals surface area (Å²) in [5.41, 5.74) is 0.866. The van der Waals surface area contributed by atoms with Crippen molar-refractivity contribution in [2.45, 2.75) is 25.5 Å². The molecule has 2 aromatic rings. The maximum absolute atomic E-state index is 11.8. The minimum atomic E-state index is -0.342. The fourth-order valence-corrected chi connectivity index (χ4v) is 2.19. The van der Waals surface area contributed by atoms with Gasteiger partial charge in [-0.05, 0) is 25.0 Å². The first-order chi connectivity index (χ1) is 9.74. The van der Waals surface area contributed by atoms with Gasteiger partial charge >= 0.3 is 0 Å².